The molecule has 0 aliphatic heterocycles. The molecule has 0 saturated heterocycles. The number of hydrogen-bond acceptors (Lipinski definition) is 2. The van der Waals surface area contributed by atoms with Crippen LogP contribution in [-0.4, -0.2) is 23.0 Å². The fourth-order valence-electron chi connectivity index (χ4n) is 3.07. The predicted octanol–water partition coefficient (Wildman–Crippen LogP) is 3.32. The summed E-state index contributed by atoms with van der Waals surface area (Å²) in [5, 5.41) is 12.2. The van der Waals surface area contributed by atoms with Gasteiger partial charge in [-0.2, -0.15) is 0 Å². The molecule has 4 heteroatoms. The van der Waals surface area contributed by atoms with Gasteiger partial charge in [-0.15, -0.1) is 0 Å². The van der Waals surface area contributed by atoms with Crippen molar-refractivity contribution >= 4 is 11.9 Å². The van der Waals surface area contributed by atoms with E-state index in [2.05, 4.69) is 5.32 Å². The molecule has 2 fully saturated rings. The molecule has 0 unspecified atom stereocenters. The minimum Gasteiger partial charge on any atom is -0.478 e. The number of carboxylic acids is 1. The molecule has 112 valence electrons. The second-order valence-corrected chi connectivity index (χ2v) is 6.23. The van der Waals surface area contributed by atoms with E-state index in [1.54, 1.807) is 6.07 Å². The maximum atomic E-state index is 12.2. The van der Waals surface area contributed by atoms with E-state index in [4.69, 9.17) is 0 Å². The number of carbonyl (C=O) groups is 2. The van der Waals surface area contributed by atoms with Gasteiger partial charge in [0.2, 0.25) is 0 Å². The lowest BCUT2D eigenvalue weighted by atomic mass is 9.83. The molecule has 21 heavy (non-hydrogen) atoms. The van der Waals surface area contributed by atoms with Crippen molar-refractivity contribution in [3.63, 3.8) is 0 Å². The van der Waals surface area contributed by atoms with Crippen molar-refractivity contribution < 1.29 is 14.7 Å². The Morgan fingerprint density at radius 1 is 0.952 bits per heavy atom. The van der Waals surface area contributed by atoms with Crippen LogP contribution in [0, 0.1) is 0 Å². The van der Waals surface area contributed by atoms with Crippen molar-refractivity contribution in [3.8, 4) is 0 Å². The van der Waals surface area contributed by atoms with Crippen LogP contribution in [0.2, 0.25) is 0 Å². The second-order valence-electron chi connectivity index (χ2n) is 6.23. The Labute approximate surface area is 124 Å². The molecule has 4 nitrogen and oxygen atoms in total. The van der Waals surface area contributed by atoms with Crippen molar-refractivity contribution in [1.29, 1.82) is 0 Å². The number of amides is 1. The summed E-state index contributed by atoms with van der Waals surface area (Å²) in [7, 11) is 0. The highest BCUT2D eigenvalue weighted by molar-refractivity contribution is 5.98. The minimum absolute atomic E-state index is 0.141. The van der Waals surface area contributed by atoms with E-state index in [9.17, 15) is 14.7 Å². The van der Waals surface area contributed by atoms with E-state index in [0.717, 1.165) is 31.2 Å². The van der Waals surface area contributed by atoms with Crippen molar-refractivity contribution in [3.05, 3.63) is 34.9 Å². The molecule has 1 aromatic rings. The fraction of sp³-hybridized carbons (Fsp3) is 0.529. The lowest BCUT2D eigenvalue weighted by molar-refractivity contribution is 0.0696. The molecular weight excluding hydrogens is 266 g/mol. The first-order chi connectivity index (χ1) is 10.1. The Hall–Kier alpha value is -1.84. The molecule has 2 N–H and O–H groups in total. The van der Waals surface area contributed by atoms with E-state index in [-0.39, 0.29) is 17.5 Å². The molecule has 0 spiro atoms. The summed E-state index contributed by atoms with van der Waals surface area (Å²) < 4.78 is 0. The Kier molecular flexibility index (Phi) is 3.95. The van der Waals surface area contributed by atoms with E-state index < -0.39 is 5.97 Å². The van der Waals surface area contributed by atoms with Gasteiger partial charge >= 0.3 is 5.97 Å². The number of nitrogens with one attached hydrogen (secondary N) is 1. The zero-order valence-corrected chi connectivity index (χ0v) is 12.1. The second kappa shape index (κ2) is 5.88. The van der Waals surface area contributed by atoms with Gasteiger partial charge in [-0.05, 0) is 55.4 Å². The minimum atomic E-state index is -0.965. The van der Waals surface area contributed by atoms with Gasteiger partial charge in [0, 0.05) is 11.6 Å². The van der Waals surface area contributed by atoms with Crippen LogP contribution in [0.1, 0.15) is 77.1 Å². The van der Waals surface area contributed by atoms with E-state index in [1.807, 2.05) is 6.07 Å². The normalized spacial score (nSPS) is 19.2. The molecule has 3 rings (SSSR count). The third-order valence-corrected chi connectivity index (χ3v) is 4.45. The Balaban J connectivity index is 1.88. The molecule has 1 aromatic carbocycles. The van der Waals surface area contributed by atoms with Crippen LogP contribution >= 0.6 is 0 Å². The Morgan fingerprint density at radius 3 is 2.24 bits per heavy atom. The zero-order chi connectivity index (χ0) is 14.8. The van der Waals surface area contributed by atoms with Crippen molar-refractivity contribution in [2.45, 2.75) is 56.9 Å². The van der Waals surface area contributed by atoms with E-state index in [0.29, 0.717) is 11.5 Å². The molecule has 0 radical (unpaired) electrons. The summed E-state index contributed by atoms with van der Waals surface area (Å²) in [6.45, 7) is 0. The van der Waals surface area contributed by atoms with Gasteiger partial charge < -0.3 is 10.4 Å². The maximum Gasteiger partial charge on any atom is 0.335 e. The molecule has 1 amide bonds. The van der Waals surface area contributed by atoms with Crippen molar-refractivity contribution in [2.24, 2.45) is 0 Å². The third-order valence-electron chi connectivity index (χ3n) is 4.45. The highest BCUT2D eigenvalue weighted by atomic mass is 16.4. The van der Waals surface area contributed by atoms with Crippen molar-refractivity contribution in [2.75, 3.05) is 0 Å². The highest BCUT2D eigenvalue weighted by Gasteiger charge is 2.25. The average molecular weight is 287 g/mol. The van der Waals surface area contributed by atoms with Gasteiger partial charge in [0.1, 0.15) is 0 Å². The summed E-state index contributed by atoms with van der Waals surface area (Å²) >= 11 is 0. The Morgan fingerprint density at radius 2 is 1.62 bits per heavy atom. The van der Waals surface area contributed by atoms with Gasteiger partial charge in [-0.25, -0.2) is 4.79 Å². The van der Waals surface area contributed by atoms with Crippen LogP contribution in [0.3, 0.4) is 0 Å². The average Bonchev–Trinajstić information content (AvgIpc) is 3.31. The summed E-state index contributed by atoms with van der Waals surface area (Å²) in [5.74, 6) is -0.712. The summed E-state index contributed by atoms with van der Waals surface area (Å²) in [6.07, 6.45) is 7.86. The first-order valence-corrected chi connectivity index (χ1v) is 7.82. The van der Waals surface area contributed by atoms with Gasteiger partial charge in [0.15, 0.2) is 0 Å². The molecule has 0 bridgehead atoms. The van der Waals surface area contributed by atoms with Gasteiger partial charge in [0.25, 0.3) is 5.91 Å². The number of carbonyl (C=O) groups excluding carboxylic acids is 1. The van der Waals surface area contributed by atoms with Crippen LogP contribution in [0.25, 0.3) is 0 Å². The topological polar surface area (TPSA) is 66.4 Å². The molecular formula is C17H21NO3. The molecule has 2 saturated carbocycles. The number of carboxylic acid groups (broad SMARTS) is 1. The fourth-order valence-corrected chi connectivity index (χ4v) is 3.07. The third kappa shape index (κ3) is 3.43. The first kappa shape index (κ1) is 14.1. The number of aromatic carboxylic acids is 1. The largest absolute Gasteiger partial charge is 0.478 e. The lowest BCUT2D eigenvalue weighted by Crippen LogP contribution is -2.26. The van der Waals surface area contributed by atoms with Crippen LogP contribution in [-0.2, 0) is 0 Å². The van der Waals surface area contributed by atoms with E-state index >= 15 is 0 Å². The SMILES string of the molecule is O=C(O)c1cc(C(=O)NC2CC2)cc(C2CCCCC2)c1. The van der Waals surface area contributed by atoms with Crippen LogP contribution in [0.5, 0.6) is 0 Å². The van der Waals surface area contributed by atoms with Gasteiger partial charge in [-0.1, -0.05) is 19.3 Å². The molecule has 0 heterocycles. The zero-order valence-electron chi connectivity index (χ0n) is 12.1. The molecule has 0 atom stereocenters. The molecule has 2 aliphatic carbocycles. The Bertz CT molecular complexity index is 557. The highest BCUT2D eigenvalue weighted by Crippen LogP contribution is 2.33. The van der Waals surface area contributed by atoms with Crippen molar-refractivity contribution in [1.82, 2.24) is 5.32 Å². The van der Waals surface area contributed by atoms with Crippen LogP contribution < -0.4 is 5.32 Å². The monoisotopic (exact) mass is 287 g/mol. The van der Waals surface area contributed by atoms with Gasteiger partial charge in [-0.3, -0.25) is 4.79 Å². The smallest absolute Gasteiger partial charge is 0.335 e. The van der Waals surface area contributed by atoms with E-state index in [1.165, 1.54) is 25.3 Å². The maximum absolute atomic E-state index is 12.2. The molecule has 2 aliphatic rings. The first-order valence-electron chi connectivity index (χ1n) is 7.82. The number of hydrogen-bond donors (Lipinski definition) is 2. The lowest BCUT2D eigenvalue weighted by Gasteiger charge is -2.22. The standard InChI is InChI=1S/C17H21NO3/c19-16(18-15-6-7-15)13-8-12(9-14(10-13)17(20)21)11-4-2-1-3-5-11/h8-11,15H,1-7H2,(H,18,19)(H,20,21). The van der Waals surface area contributed by atoms with Gasteiger partial charge in [0.05, 0.1) is 5.56 Å². The van der Waals surface area contributed by atoms with Crippen LogP contribution in [0.4, 0.5) is 0 Å². The molecule has 0 aromatic heterocycles. The number of rotatable bonds is 4. The van der Waals surface area contributed by atoms with Crippen LogP contribution in [0.15, 0.2) is 18.2 Å². The summed E-state index contributed by atoms with van der Waals surface area (Å²) in [4.78, 5) is 23.5. The quantitative estimate of drug-likeness (QED) is 0.892. The number of benzene rings is 1. The summed E-state index contributed by atoms with van der Waals surface area (Å²) in [5.41, 5.74) is 1.72. The predicted molar refractivity (Wildman–Crippen MR) is 79.7 cm³/mol. The summed E-state index contributed by atoms with van der Waals surface area (Å²) in [6, 6.07) is 5.41.